The second-order valence-corrected chi connectivity index (χ2v) is 4.63. The maximum atomic E-state index is 11.1. The lowest BCUT2D eigenvalue weighted by atomic mass is 9.74. The third-order valence-electron chi connectivity index (χ3n) is 3.32. The molecule has 0 aromatic rings. The van der Waals surface area contributed by atoms with Crippen molar-refractivity contribution in [2.45, 2.75) is 39.0 Å². The minimum atomic E-state index is -0.216. The van der Waals surface area contributed by atoms with Gasteiger partial charge in [-0.1, -0.05) is 19.3 Å². The minimum Gasteiger partial charge on any atom is -0.465 e. The zero-order valence-corrected chi connectivity index (χ0v) is 10.1. The lowest BCUT2D eigenvalue weighted by Crippen LogP contribution is -2.41. The van der Waals surface area contributed by atoms with Gasteiger partial charge in [-0.2, -0.15) is 0 Å². The molecule has 4 nitrogen and oxygen atoms in total. The van der Waals surface area contributed by atoms with Crippen molar-refractivity contribution < 1.29 is 14.6 Å². The smallest absolute Gasteiger partial charge is 0.319 e. The first-order chi connectivity index (χ1) is 7.72. The van der Waals surface area contributed by atoms with Crippen LogP contribution in [-0.4, -0.2) is 37.4 Å². The lowest BCUT2D eigenvalue weighted by Gasteiger charge is -2.35. The van der Waals surface area contributed by atoms with E-state index in [2.05, 4.69) is 5.32 Å². The Labute approximate surface area is 97.4 Å². The van der Waals surface area contributed by atoms with Crippen molar-refractivity contribution >= 4 is 5.97 Å². The highest BCUT2D eigenvalue weighted by atomic mass is 16.5. The van der Waals surface area contributed by atoms with E-state index < -0.39 is 0 Å². The van der Waals surface area contributed by atoms with Gasteiger partial charge in [0.05, 0.1) is 13.2 Å². The minimum absolute atomic E-state index is 0.00918. The average Bonchev–Trinajstić information content (AvgIpc) is 2.31. The molecule has 1 aliphatic rings. The van der Waals surface area contributed by atoms with Gasteiger partial charge >= 0.3 is 5.97 Å². The molecule has 0 spiro atoms. The number of esters is 1. The molecule has 0 saturated heterocycles. The van der Waals surface area contributed by atoms with E-state index in [4.69, 9.17) is 4.74 Å². The Hall–Kier alpha value is -0.610. The molecule has 0 amide bonds. The summed E-state index contributed by atoms with van der Waals surface area (Å²) in [5.41, 5.74) is -0.00918. The molecule has 0 heterocycles. The molecular formula is C12H23NO3. The second kappa shape index (κ2) is 6.86. The van der Waals surface area contributed by atoms with Crippen LogP contribution in [0.15, 0.2) is 0 Å². The zero-order valence-electron chi connectivity index (χ0n) is 10.1. The summed E-state index contributed by atoms with van der Waals surface area (Å²) in [5, 5.41) is 12.6. The van der Waals surface area contributed by atoms with Gasteiger partial charge in [0.1, 0.15) is 0 Å². The van der Waals surface area contributed by atoms with Crippen LogP contribution in [0.25, 0.3) is 0 Å². The molecule has 1 fully saturated rings. The summed E-state index contributed by atoms with van der Waals surface area (Å²) in [7, 11) is 0. The van der Waals surface area contributed by atoms with Crippen LogP contribution >= 0.6 is 0 Å². The van der Waals surface area contributed by atoms with Crippen LogP contribution in [0.1, 0.15) is 39.0 Å². The fraction of sp³-hybridized carbons (Fsp3) is 0.917. The summed E-state index contributed by atoms with van der Waals surface area (Å²) < 4.78 is 4.83. The molecule has 0 radical (unpaired) electrons. The van der Waals surface area contributed by atoms with Crippen LogP contribution in [-0.2, 0) is 9.53 Å². The summed E-state index contributed by atoms with van der Waals surface area (Å²) in [6.45, 7) is 3.39. The quantitative estimate of drug-likeness (QED) is 0.669. The number of carbonyl (C=O) groups excluding carboxylic acids is 1. The van der Waals surface area contributed by atoms with Crippen molar-refractivity contribution in [1.29, 1.82) is 0 Å². The summed E-state index contributed by atoms with van der Waals surface area (Å²) in [6.07, 6.45) is 5.74. The number of nitrogens with one attached hydrogen (secondary N) is 1. The van der Waals surface area contributed by atoms with Gasteiger partial charge in [-0.05, 0) is 19.8 Å². The topological polar surface area (TPSA) is 58.6 Å². The van der Waals surface area contributed by atoms with Crippen LogP contribution in [0.5, 0.6) is 0 Å². The first kappa shape index (κ1) is 13.5. The van der Waals surface area contributed by atoms with Gasteiger partial charge in [-0.25, -0.2) is 0 Å². The number of hydrogen-bond acceptors (Lipinski definition) is 4. The molecule has 1 saturated carbocycles. The van der Waals surface area contributed by atoms with Crippen molar-refractivity contribution in [2.75, 3.05) is 26.3 Å². The van der Waals surface area contributed by atoms with E-state index in [0.717, 1.165) is 12.8 Å². The predicted molar refractivity (Wildman–Crippen MR) is 62.1 cm³/mol. The van der Waals surface area contributed by atoms with E-state index >= 15 is 0 Å². The summed E-state index contributed by atoms with van der Waals surface area (Å²) in [4.78, 5) is 11.1. The van der Waals surface area contributed by atoms with E-state index in [1.807, 2.05) is 0 Å². The Morgan fingerprint density at radius 1 is 1.38 bits per heavy atom. The van der Waals surface area contributed by atoms with E-state index in [-0.39, 0.29) is 24.5 Å². The van der Waals surface area contributed by atoms with Crippen LogP contribution < -0.4 is 5.32 Å². The summed E-state index contributed by atoms with van der Waals surface area (Å²) in [6, 6.07) is 0. The highest BCUT2D eigenvalue weighted by Crippen LogP contribution is 2.35. The Bertz CT molecular complexity index is 212. The molecule has 4 heteroatoms. The molecule has 1 aliphatic carbocycles. The lowest BCUT2D eigenvalue weighted by molar-refractivity contribution is -0.142. The predicted octanol–water partition coefficient (Wildman–Crippen LogP) is 1.08. The number of aliphatic hydroxyl groups is 1. The first-order valence-corrected chi connectivity index (χ1v) is 6.20. The Morgan fingerprint density at radius 2 is 2.06 bits per heavy atom. The van der Waals surface area contributed by atoms with Crippen molar-refractivity contribution in [2.24, 2.45) is 5.41 Å². The van der Waals surface area contributed by atoms with Gasteiger partial charge in [-0.3, -0.25) is 4.79 Å². The fourth-order valence-corrected chi connectivity index (χ4v) is 2.33. The summed E-state index contributed by atoms with van der Waals surface area (Å²) >= 11 is 0. The highest BCUT2D eigenvalue weighted by molar-refractivity contribution is 5.71. The normalized spacial score (nSPS) is 19.4. The van der Waals surface area contributed by atoms with E-state index in [1.54, 1.807) is 6.92 Å². The van der Waals surface area contributed by atoms with Crippen LogP contribution in [0.3, 0.4) is 0 Å². The number of carbonyl (C=O) groups is 1. The van der Waals surface area contributed by atoms with E-state index in [1.165, 1.54) is 19.3 Å². The molecule has 16 heavy (non-hydrogen) atoms. The zero-order chi connectivity index (χ0) is 11.9. The molecule has 0 aromatic carbocycles. The van der Waals surface area contributed by atoms with Crippen LogP contribution in [0.2, 0.25) is 0 Å². The number of rotatable bonds is 6. The molecular weight excluding hydrogens is 206 g/mol. The van der Waals surface area contributed by atoms with Gasteiger partial charge in [0, 0.05) is 18.6 Å². The van der Waals surface area contributed by atoms with Gasteiger partial charge in [0.2, 0.25) is 0 Å². The molecule has 0 aliphatic heterocycles. The third kappa shape index (κ3) is 4.10. The molecule has 0 aromatic heterocycles. The maximum Gasteiger partial charge on any atom is 0.319 e. The second-order valence-electron chi connectivity index (χ2n) is 4.63. The van der Waals surface area contributed by atoms with E-state index in [9.17, 15) is 9.90 Å². The van der Waals surface area contributed by atoms with Gasteiger partial charge in [0.25, 0.3) is 0 Å². The van der Waals surface area contributed by atoms with E-state index in [0.29, 0.717) is 13.2 Å². The molecule has 0 atom stereocenters. The standard InChI is InChI=1S/C12H23NO3/c1-2-16-11(15)8-13-9-12(10-14)6-4-3-5-7-12/h13-14H,2-10H2,1H3. The Balaban J connectivity index is 2.25. The number of hydrogen-bond donors (Lipinski definition) is 2. The Kier molecular flexibility index (Phi) is 5.77. The summed E-state index contributed by atoms with van der Waals surface area (Å²) in [5.74, 6) is -0.216. The van der Waals surface area contributed by atoms with Crippen molar-refractivity contribution in [3.8, 4) is 0 Å². The Morgan fingerprint density at radius 3 is 2.62 bits per heavy atom. The molecule has 2 N–H and O–H groups in total. The SMILES string of the molecule is CCOC(=O)CNCC1(CO)CCCCC1. The molecule has 0 bridgehead atoms. The molecule has 1 rings (SSSR count). The van der Waals surface area contributed by atoms with Crippen molar-refractivity contribution in [1.82, 2.24) is 5.32 Å². The average molecular weight is 229 g/mol. The fourth-order valence-electron chi connectivity index (χ4n) is 2.33. The van der Waals surface area contributed by atoms with Gasteiger partial charge < -0.3 is 15.2 Å². The highest BCUT2D eigenvalue weighted by Gasteiger charge is 2.30. The number of ether oxygens (including phenoxy) is 1. The van der Waals surface area contributed by atoms with Crippen molar-refractivity contribution in [3.63, 3.8) is 0 Å². The maximum absolute atomic E-state index is 11.1. The first-order valence-electron chi connectivity index (χ1n) is 6.20. The molecule has 0 unspecified atom stereocenters. The largest absolute Gasteiger partial charge is 0.465 e. The van der Waals surface area contributed by atoms with Gasteiger partial charge in [-0.15, -0.1) is 0 Å². The third-order valence-corrected chi connectivity index (χ3v) is 3.32. The van der Waals surface area contributed by atoms with Gasteiger partial charge in [0.15, 0.2) is 0 Å². The van der Waals surface area contributed by atoms with Crippen LogP contribution in [0.4, 0.5) is 0 Å². The van der Waals surface area contributed by atoms with Crippen LogP contribution in [0, 0.1) is 5.41 Å². The molecule has 94 valence electrons. The number of aliphatic hydroxyl groups excluding tert-OH is 1. The monoisotopic (exact) mass is 229 g/mol. The van der Waals surface area contributed by atoms with Crippen molar-refractivity contribution in [3.05, 3.63) is 0 Å².